The molecule has 2 aromatic heterocycles. The van der Waals surface area contributed by atoms with Crippen molar-refractivity contribution in [3.8, 4) is 0 Å². The van der Waals surface area contributed by atoms with Crippen molar-refractivity contribution in [2.45, 2.75) is 13.8 Å². The number of imidazole rings is 1. The molecular formula is C10H10N4O3S. The minimum atomic E-state index is -1.23. The third-order valence-electron chi connectivity index (χ3n) is 2.32. The van der Waals surface area contributed by atoms with Crippen LogP contribution in [0.3, 0.4) is 0 Å². The van der Waals surface area contributed by atoms with E-state index >= 15 is 0 Å². The van der Waals surface area contributed by atoms with Crippen molar-refractivity contribution in [2.24, 2.45) is 0 Å². The number of anilines is 1. The Bertz CT molecular complexity index is 597. The van der Waals surface area contributed by atoms with Gasteiger partial charge in [0.2, 0.25) is 0 Å². The first-order chi connectivity index (χ1) is 8.49. The van der Waals surface area contributed by atoms with Crippen molar-refractivity contribution in [3.63, 3.8) is 0 Å². The monoisotopic (exact) mass is 266 g/mol. The van der Waals surface area contributed by atoms with Crippen LogP contribution in [0.2, 0.25) is 0 Å². The van der Waals surface area contributed by atoms with E-state index in [0.29, 0.717) is 5.13 Å². The van der Waals surface area contributed by atoms with Crippen LogP contribution in [0.5, 0.6) is 0 Å². The van der Waals surface area contributed by atoms with Crippen molar-refractivity contribution >= 4 is 28.3 Å². The maximum absolute atomic E-state index is 11.8. The fourth-order valence-electron chi connectivity index (χ4n) is 1.31. The minimum Gasteiger partial charge on any atom is -0.477 e. The number of nitrogens with one attached hydrogen (secondary N) is 2. The van der Waals surface area contributed by atoms with Gasteiger partial charge in [-0.25, -0.2) is 14.8 Å². The molecule has 7 nitrogen and oxygen atoms in total. The molecule has 0 spiro atoms. The lowest BCUT2D eigenvalue weighted by atomic mass is 10.3. The predicted octanol–water partition coefficient (Wildman–Crippen LogP) is 1.43. The summed E-state index contributed by atoms with van der Waals surface area (Å²) in [4.78, 5) is 33.9. The van der Waals surface area contributed by atoms with E-state index in [1.54, 1.807) is 0 Å². The average molecular weight is 266 g/mol. The van der Waals surface area contributed by atoms with Gasteiger partial charge >= 0.3 is 5.97 Å². The summed E-state index contributed by atoms with van der Waals surface area (Å²) in [5.74, 6) is -1.83. The second-order valence-corrected chi connectivity index (χ2v) is 4.75. The van der Waals surface area contributed by atoms with Crippen molar-refractivity contribution in [1.29, 1.82) is 0 Å². The molecule has 0 saturated heterocycles. The summed E-state index contributed by atoms with van der Waals surface area (Å²) < 4.78 is 0. The first kappa shape index (κ1) is 12.2. The molecule has 0 saturated carbocycles. The molecule has 2 aromatic rings. The number of amides is 1. The number of thiazole rings is 1. The molecule has 0 bridgehead atoms. The van der Waals surface area contributed by atoms with Crippen LogP contribution in [0, 0.1) is 13.8 Å². The highest BCUT2D eigenvalue weighted by Gasteiger charge is 2.20. The Balaban J connectivity index is 2.22. The lowest BCUT2D eigenvalue weighted by molar-refractivity contribution is 0.0686. The molecule has 3 N–H and O–H groups in total. The molecule has 2 heterocycles. The van der Waals surface area contributed by atoms with Gasteiger partial charge in [-0.3, -0.25) is 10.1 Å². The fraction of sp³-hybridized carbons (Fsp3) is 0.200. The maximum Gasteiger partial charge on any atom is 0.354 e. The standard InChI is InChI=1S/C10H10N4O3S/c1-4-5(2)18-10(13-4)14-8(15)6-7(9(16)17)12-3-11-6/h3H,1-2H3,(H,11,12)(H,16,17)(H,13,14,15). The Labute approximate surface area is 106 Å². The average Bonchev–Trinajstić information content (AvgIpc) is 2.86. The number of hydrogen-bond donors (Lipinski definition) is 3. The molecule has 0 aromatic carbocycles. The van der Waals surface area contributed by atoms with Gasteiger partial charge in [0.1, 0.15) is 0 Å². The number of H-pyrrole nitrogens is 1. The molecule has 0 fully saturated rings. The molecule has 0 aliphatic carbocycles. The maximum atomic E-state index is 11.8. The smallest absolute Gasteiger partial charge is 0.354 e. The van der Waals surface area contributed by atoms with E-state index in [0.717, 1.165) is 16.9 Å². The van der Waals surface area contributed by atoms with Gasteiger partial charge in [0, 0.05) is 4.88 Å². The molecule has 1 amide bonds. The highest BCUT2D eigenvalue weighted by molar-refractivity contribution is 7.15. The van der Waals surface area contributed by atoms with Gasteiger partial charge in [0.15, 0.2) is 16.5 Å². The zero-order valence-corrected chi connectivity index (χ0v) is 10.5. The largest absolute Gasteiger partial charge is 0.477 e. The van der Waals surface area contributed by atoms with E-state index in [1.807, 2.05) is 13.8 Å². The molecular weight excluding hydrogens is 256 g/mol. The molecule has 2 rings (SSSR count). The number of aryl methyl sites for hydroxylation is 2. The first-order valence-electron chi connectivity index (χ1n) is 5.01. The highest BCUT2D eigenvalue weighted by atomic mass is 32.1. The lowest BCUT2D eigenvalue weighted by Gasteiger charge is -1.99. The quantitative estimate of drug-likeness (QED) is 0.778. The van der Waals surface area contributed by atoms with Gasteiger partial charge < -0.3 is 10.1 Å². The van der Waals surface area contributed by atoms with Crippen molar-refractivity contribution < 1.29 is 14.7 Å². The number of aromatic amines is 1. The van der Waals surface area contributed by atoms with Gasteiger partial charge in [0.05, 0.1) is 12.0 Å². The van der Waals surface area contributed by atoms with Gasteiger partial charge in [-0.05, 0) is 13.8 Å². The Hall–Kier alpha value is -2.22. The Morgan fingerprint density at radius 2 is 2.17 bits per heavy atom. The summed E-state index contributed by atoms with van der Waals surface area (Å²) in [6.07, 6.45) is 1.16. The van der Waals surface area contributed by atoms with E-state index in [1.165, 1.54) is 11.3 Å². The number of aromatic nitrogens is 3. The fourth-order valence-corrected chi connectivity index (χ4v) is 2.12. The number of hydrogen-bond acceptors (Lipinski definition) is 5. The van der Waals surface area contributed by atoms with Crippen LogP contribution in [-0.4, -0.2) is 31.9 Å². The molecule has 0 radical (unpaired) electrons. The molecule has 0 aliphatic rings. The van der Waals surface area contributed by atoms with Crippen LogP contribution in [-0.2, 0) is 0 Å². The van der Waals surface area contributed by atoms with E-state index in [9.17, 15) is 9.59 Å². The van der Waals surface area contributed by atoms with E-state index in [2.05, 4.69) is 20.3 Å². The van der Waals surface area contributed by atoms with Crippen LogP contribution < -0.4 is 5.32 Å². The van der Waals surface area contributed by atoms with E-state index in [-0.39, 0.29) is 11.4 Å². The summed E-state index contributed by atoms with van der Waals surface area (Å²) in [5, 5.41) is 11.8. The van der Waals surface area contributed by atoms with Crippen LogP contribution in [0.4, 0.5) is 5.13 Å². The third-order valence-corrected chi connectivity index (χ3v) is 3.31. The van der Waals surface area contributed by atoms with Crippen LogP contribution in [0.25, 0.3) is 0 Å². The SMILES string of the molecule is Cc1nc(NC(=O)c2nc[nH]c2C(=O)O)sc1C. The molecule has 94 valence electrons. The number of carbonyl (C=O) groups is 2. The van der Waals surface area contributed by atoms with Crippen molar-refractivity contribution in [1.82, 2.24) is 15.0 Å². The van der Waals surface area contributed by atoms with E-state index in [4.69, 9.17) is 5.11 Å². The zero-order chi connectivity index (χ0) is 13.3. The first-order valence-corrected chi connectivity index (χ1v) is 5.82. The number of nitrogens with zero attached hydrogens (tertiary/aromatic N) is 2. The number of carboxylic acid groups (broad SMARTS) is 1. The molecule has 18 heavy (non-hydrogen) atoms. The normalized spacial score (nSPS) is 10.3. The second kappa shape index (κ2) is 4.57. The van der Waals surface area contributed by atoms with Gasteiger partial charge in [-0.1, -0.05) is 0 Å². The zero-order valence-electron chi connectivity index (χ0n) is 9.64. The summed E-state index contributed by atoms with van der Waals surface area (Å²) in [7, 11) is 0. The number of carboxylic acids is 1. The number of aromatic carboxylic acids is 1. The number of rotatable bonds is 3. The van der Waals surface area contributed by atoms with Crippen molar-refractivity contribution in [2.75, 3.05) is 5.32 Å². The van der Waals surface area contributed by atoms with Crippen LogP contribution in [0.1, 0.15) is 31.5 Å². The summed E-state index contributed by atoms with van der Waals surface area (Å²) >= 11 is 1.33. The minimum absolute atomic E-state index is 0.159. The van der Waals surface area contributed by atoms with Gasteiger partial charge in [-0.15, -0.1) is 11.3 Å². The lowest BCUT2D eigenvalue weighted by Crippen LogP contribution is -2.16. The van der Waals surface area contributed by atoms with E-state index < -0.39 is 11.9 Å². The Kier molecular flexibility index (Phi) is 3.11. The number of carbonyl (C=O) groups excluding carboxylic acids is 1. The Morgan fingerprint density at radius 3 is 2.72 bits per heavy atom. The topological polar surface area (TPSA) is 108 Å². The molecule has 8 heteroatoms. The van der Waals surface area contributed by atoms with Gasteiger partial charge in [0.25, 0.3) is 5.91 Å². The molecule has 0 unspecified atom stereocenters. The summed E-state index contributed by atoms with van der Waals surface area (Å²) in [5.41, 5.74) is 0.432. The second-order valence-electron chi connectivity index (χ2n) is 3.55. The predicted molar refractivity (Wildman–Crippen MR) is 65.1 cm³/mol. The summed E-state index contributed by atoms with van der Waals surface area (Å²) in [6.45, 7) is 3.72. The van der Waals surface area contributed by atoms with Crippen molar-refractivity contribution in [3.05, 3.63) is 28.3 Å². The third kappa shape index (κ3) is 2.23. The molecule has 0 atom stereocenters. The van der Waals surface area contributed by atoms with Crippen LogP contribution >= 0.6 is 11.3 Å². The molecule has 0 aliphatic heterocycles. The summed E-state index contributed by atoms with van der Waals surface area (Å²) in [6, 6.07) is 0. The van der Waals surface area contributed by atoms with Gasteiger partial charge in [-0.2, -0.15) is 0 Å². The highest BCUT2D eigenvalue weighted by Crippen LogP contribution is 2.21. The Morgan fingerprint density at radius 1 is 1.44 bits per heavy atom. The van der Waals surface area contributed by atoms with Crippen LogP contribution in [0.15, 0.2) is 6.33 Å².